The second-order valence-corrected chi connectivity index (χ2v) is 7.43. The second-order valence-electron chi connectivity index (χ2n) is 7.43. The molecule has 2 aliphatic carbocycles. The van der Waals surface area contributed by atoms with Crippen molar-refractivity contribution in [2.24, 2.45) is 0 Å². The summed E-state index contributed by atoms with van der Waals surface area (Å²) >= 11 is 0. The van der Waals surface area contributed by atoms with Gasteiger partial charge in [-0.15, -0.1) is 0 Å². The van der Waals surface area contributed by atoms with Crippen LogP contribution in [0.1, 0.15) is 33.4 Å². The minimum atomic E-state index is 0.223. The molecule has 0 fully saturated rings. The van der Waals surface area contributed by atoms with Crippen LogP contribution >= 0.6 is 0 Å². The molecule has 5 heteroatoms. The largest absolute Gasteiger partial charge is 0.508 e. The average Bonchev–Trinajstić information content (AvgIpc) is 2.76. The molecule has 3 aromatic carbocycles. The van der Waals surface area contributed by atoms with Crippen LogP contribution in [0, 0.1) is 22.7 Å². The first-order valence-corrected chi connectivity index (χ1v) is 9.45. The SMILES string of the molecule is N#Cc1c(C#N)c2c(c3c1CCc1cc(O)ccc1-3)-c1ccc(OO)cc1CC2. The van der Waals surface area contributed by atoms with Gasteiger partial charge in [0.2, 0.25) is 0 Å². The van der Waals surface area contributed by atoms with E-state index < -0.39 is 0 Å². The van der Waals surface area contributed by atoms with E-state index in [1.165, 1.54) is 0 Å². The van der Waals surface area contributed by atoms with Gasteiger partial charge in [-0.2, -0.15) is 10.5 Å². The average molecular weight is 380 g/mol. The van der Waals surface area contributed by atoms with E-state index >= 15 is 0 Å². The van der Waals surface area contributed by atoms with Crippen LogP contribution in [0.2, 0.25) is 0 Å². The van der Waals surface area contributed by atoms with Crippen molar-refractivity contribution in [3.05, 3.63) is 69.8 Å². The lowest BCUT2D eigenvalue weighted by molar-refractivity contribution is -0.137. The maximum atomic E-state index is 9.94. The Morgan fingerprint density at radius 3 is 1.86 bits per heavy atom. The number of nitriles is 2. The number of benzene rings is 3. The molecule has 0 spiro atoms. The summed E-state index contributed by atoms with van der Waals surface area (Å²) in [7, 11) is 0. The first kappa shape index (κ1) is 17.3. The van der Waals surface area contributed by atoms with Gasteiger partial charge >= 0.3 is 0 Å². The molecule has 140 valence electrons. The number of hydrogen-bond acceptors (Lipinski definition) is 5. The van der Waals surface area contributed by atoms with Gasteiger partial charge in [-0.1, -0.05) is 12.1 Å². The fraction of sp³-hybridized carbons (Fsp3) is 0.167. The van der Waals surface area contributed by atoms with Gasteiger partial charge in [0, 0.05) is 0 Å². The lowest BCUT2D eigenvalue weighted by atomic mass is 9.72. The van der Waals surface area contributed by atoms with E-state index in [9.17, 15) is 15.6 Å². The van der Waals surface area contributed by atoms with Gasteiger partial charge < -0.3 is 9.99 Å². The van der Waals surface area contributed by atoms with Crippen molar-refractivity contribution in [1.82, 2.24) is 0 Å². The number of nitrogens with zero attached hydrogens (tertiary/aromatic N) is 2. The second kappa shape index (κ2) is 6.38. The number of phenols is 1. The molecule has 0 aromatic heterocycles. The fourth-order valence-corrected chi connectivity index (χ4v) is 4.82. The standard InChI is InChI=1S/C24H16N2O3/c25-11-21-19-5-1-13-9-15(27)3-7-17(13)23(19)24-18-8-4-16(29-28)10-14(18)2-6-20(24)22(21)12-26/h3-4,7-10,27-28H,1-2,5-6H2. The topological polar surface area (TPSA) is 97.3 Å². The highest BCUT2D eigenvalue weighted by molar-refractivity contribution is 5.95. The van der Waals surface area contributed by atoms with Crippen LogP contribution in [0.25, 0.3) is 22.3 Å². The molecule has 0 radical (unpaired) electrons. The third kappa shape index (κ3) is 2.42. The van der Waals surface area contributed by atoms with Gasteiger partial charge in [0.1, 0.15) is 17.9 Å². The molecular weight excluding hydrogens is 364 g/mol. The van der Waals surface area contributed by atoms with Crippen molar-refractivity contribution in [1.29, 1.82) is 10.5 Å². The van der Waals surface area contributed by atoms with Gasteiger partial charge in [-0.3, -0.25) is 0 Å². The quantitative estimate of drug-likeness (QED) is 0.478. The number of fused-ring (bicyclic) bond motifs is 7. The van der Waals surface area contributed by atoms with E-state index in [1.807, 2.05) is 18.2 Å². The Balaban J connectivity index is 1.93. The van der Waals surface area contributed by atoms with Crippen molar-refractivity contribution in [2.45, 2.75) is 25.7 Å². The molecular formula is C24H16N2O3. The molecule has 2 N–H and O–H groups in total. The van der Waals surface area contributed by atoms with Crippen LogP contribution in [0.15, 0.2) is 36.4 Å². The zero-order valence-electron chi connectivity index (χ0n) is 15.5. The Morgan fingerprint density at radius 1 is 0.759 bits per heavy atom. The van der Waals surface area contributed by atoms with E-state index in [1.54, 1.807) is 18.2 Å². The normalized spacial score (nSPS) is 13.2. The van der Waals surface area contributed by atoms with Gasteiger partial charge in [-0.05, 0) is 94.5 Å². The summed E-state index contributed by atoms with van der Waals surface area (Å²) in [5.74, 6) is 0.598. The Morgan fingerprint density at radius 2 is 1.31 bits per heavy atom. The molecule has 5 rings (SSSR count). The van der Waals surface area contributed by atoms with Crippen LogP contribution in [0.3, 0.4) is 0 Å². The smallest absolute Gasteiger partial charge is 0.165 e. The van der Waals surface area contributed by atoms with Gasteiger partial charge in [-0.25, -0.2) is 5.26 Å². The molecule has 29 heavy (non-hydrogen) atoms. The zero-order chi connectivity index (χ0) is 20.1. The van der Waals surface area contributed by atoms with Gasteiger partial charge in [0.25, 0.3) is 0 Å². The highest BCUT2D eigenvalue weighted by atomic mass is 17.1. The molecule has 3 aromatic rings. The van der Waals surface area contributed by atoms with Gasteiger partial charge in [0.15, 0.2) is 5.75 Å². The summed E-state index contributed by atoms with van der Waals surface area (Å²) in [4.78, 5) is 4.41. The Hall–Kier alpha value is -3.80. The van der Waals surface area contributed by atoms with Crippen LogP contribution in [0.4, 0.5) is 0 Å². The minimum absolute atomic E-state index is 0.223. The molecule has 0 saturated heterocycles. The highest BCUT2D eigenvalue weighted by Gasteiger charge is 2.31. The van der Waals surface area contributed by atoms with Crippen LogP contribution in [-0.2, 0) is 25.7 Å². The van der Waals surface area contributed by atoms with Crippen molar-refractivity contribution in [3.8, 4) is 45.9 Å². The first-order valence-electron chi connectivity index (χ1n) is 9.45. The third-order valence-corrected chi connectivity index (χ3v) is 6.03. The molecule has 0 bridgehead atoms. The molecule has 0 heterocycles. The predicted molar refractivity (Wildman–Crippen MR) is 106 cm³/mol. The maximum absolute atomic E-state index is 9.94. The van der Waals surface area contributed by atoms with Crippen LogP contribution in [-0.4, -0.2) is 10.4 Å². The molecule has 0 saturated carbocycles. The Kier molecular flexibility index (Phi) is 3.81. The predicted octanol–water partition coefficient (Wildman–Crippen LogP) is 4.52. The van der Waals surface area contributed by atoms with E-state index in [0.29, 0.717) is 42.6 Å². The lowest BCUT2D eigenvalue weighted by Crippen LogP contribution is -2.15. The Labute approximate surface area is 167 Å². The summed E-state index contributed by atoms with van der Waals surface area (Å²) in [6.45, 7) is 0. The summed E-state index contributed by atoms with van der Waals surface area (Å²) in [6, 6.07) is 15.3. The van der Waals surface area contributed by atoms with E-state index in [4.69, 9.17) is 5.26 Å². The fourth-order valence-electron chi connectivity index (χ4n) is 4.82. The summed E-state index contributed by atoms with van der Waals surface area (Å²) in [5.41, 5.74) is 8.76. The van der Waals surface area contributed by atoms with Crippen LogP contribution < -0.4 is 4.89 Å². The molecule has 0 amide bonds. The van der Waals surface area contributed by atoms with E-state index in [-0.39, 0.29) is 5.75 Å². The number of phenolic OH excluding ortho intramolecular Hbond substituents is 1. The minimum Gasteiger partial charge on any atom is -0.508 e. The summed E-state index contributed by atoms with van der Waals surface area (Å²) in [5, 5.41) is 38.7. The molecule has 0 unspecified atom stereocenters. The number of hydrogen-bond donors (Lipinski definition) is 2. The molecule has 0 atom stereocenters. The molecule has 2 aliphatic rings. The third-order valence-electron chi connectivity index (χ3n) is 6.03. The number of aromatic hydroxyl groups is 1. The van der Waals surface area contributed by atoms with Crippen molar-refractivity contribution in [3.63, 3.8) is 0 Å². The van der Waals surface area contributed by atoms with E-state index in [2.05, 4.69) is 17.0 Å². The lowest BCUT2D eigenvalue weighted by Gasteiger charge is -2.30. The Bertz CT molecular complexity index is 1280. The zero-order valence-corrected chi connectivity index (χ0v) is 15.5. The van der Waals surface area contributed by atoms with Crippen molar-refractivity contribution in [2.75, 3.05) is 0 Å². The van der Waals surface area contributed by atoms with Crippen molar-refractivity contribution >= 4 is 0 Å². The first-order chi connectivity index (χ1) is 14.2. The number of rotatable bonds is 1. The summed E-state index contributed by atoms with van der Waals surface area (Å²) in [6.07, 6.45) is 2.68. The summed E-state index contributed by atoms with van der Waals surface area (Å²) < 4.78 is 0. The van der Waals surface area contributed by atoms with Crippen LogP contribution in [0.5, 0.6) is 11.5 Å². The van der Waals surface area contributed by atoms with Gasteiger partial charge in [0.05, 0.1) is 11.1 Å². The monoisotopic (exact) mass is 380 g/mol. The number of aryl methyl sites for hydroxylation is 2. The maximum Gasteiger partial charge on any atom is 0.165 e. The van der Waals surface area contributed by atoms with Crippen molar-refractivity contribution < 1.29 is 15.3 Å². The van der Waals surface area contributed by atoms with E-state index in [0.717, 1.165) is 44.5 Å². The highest BCUT2D eigenvalue weighted by Crippen LogP contribution is 2.49. The molecule has 5 nitrogen and oxygen atoms in total. The molecule has 0 aliphatic heterocycles.